The maximum Gasteiger partial charge on any atom is 0.174 e. The molecule has 1 saturated heterocycles. The fourth-order valence-electron chi connectivity index (χ4n) is 5.75. The molecule has 40 heavy (non-hydrogen) atoms. The molecule has 1 fully saturated rings. The predicted octanol–water partition coefficient (Wildman–Crippen LogP) is 7.99. The molecule has 0 aliphatic carbocycles. The van der Waals surface area contributed by atoms with Gasteiger partial charge in [-0.3, -0.25) is 4.98 Å². The first-order chi connectivity index (χ1) is 19.2. The van der Waals surface area contributed by atoms with E-state index in [9.17, 15) is 0 Å². The number of ether oxygens (including phenoxy) is 1. The molecule has 0 saturated carbocycles. The van der Waals surface area contributed by atoms with Crippen molar-refractivity contribution in [3.63, 3.8) is 0 Å². The Labute approximate surface area is 242 Å². The van der Waals surface area contributed by atoms with Crippen LogP contribution in [0.15, 0.2) is 97.2 Å². The molecule has 5 nitrogen and oxygen atoms in total. The molecule has 0 unspecified atom stereocenters. The van der Waals surface area contributed by atoms with E-state index in [2.05, 4.69) is 104 Å². The Morgan fingerprint density at radius 3 is 2.27 bits per heavy atom. The summed E-state index contributed by atoms with van der Waals surface area (Å²) in [6.45, 7) is 8.77. The van der Waals surface area contributed by atoms with Crippen molar-refractivity contribution in [1.82, 2.24) is 10.3 Å². The number of hydrogen-bond acceptors (Lipinski definition) is 4. The number of likely N-dealkylation sites (N-methyl/N-ethyl adjacent to an activating group) is 1. The third-order valence-corrected chi connectivity index (χ3v) is 8.37. The molecule has 4 aromatic rings. The molecule has 3 heterocycles. The van der Waals surface area contributed by atoms with E-state index in [1.54, 1.807) is 0 Å². The van der Waals surface area contributed by atoms with Crippen molar-refractivity contribution < 1.29 is 4.74 Å². The number of allylic oxidation sites excluding steroid dienone is 1. The van der Waals surface area contributed by atoms with Crippen LogP contribution in [0.4, 0.5) is 11.4 Å². The second kappa shape index (κ2) is 10.1. The number of rotatable bonds is 5. The van der Waals surface area contributed by atoms with E-state index in [1.165, 1.54) is 28.0 Å². The van der Waals surface area contributed by atoms with Crippen molar-refractivity contribution in [3.8, 4) is 11.5 Å². The van der Waals surface area contributed by atoms with Crippen molar-refractivity contribution in [3.05, 3.63) is 120 Å². The van der Waals surface area contributed by atoms with Crippen LogP contribution in [0.3, 0.4) is 0 Å². The minimum Gasteiger partial charge on any atom is -0.457 e. The molecule has 2 aliphatic rings. The molecular formula is C34H34N4OS. The molecule has 0 amide bonds. The van der Waals surface area contributed by atoms with Crippen molar-refractivity contribution in [1.29, 1.82) is 0 Å². The molecule has 0 radical (unpaired) electrons. The first kappa shape index (κ1) is 26.1. The highest BCUT2D eigenvalue weighted by Gasteiger charge is 2.41. The van der Waals surface area contributed by atoms with Crippen molar-refractivity contribution in [2.75, 3.05) is 16.8 Å². The second-order valence-corrected chi connectivity index (χ2v) is 11.6. The molecule has 6 rings (SSSR count). The summed E-state index contributed by atoms with van der Waals surface area (Å²) in [4.78, 5) is 9.27. The average Bonchev–Trinajstić information content (AvgIpc) is 3.30. The highest BCUT2D eigenvalue weighted by atomic mass is 32.1. The number of hydrogen-bond donors (Lipinski definition) is 1. The Hall–Kier alpha value is -4.16. The molecule has 2 atom stereocenters. The largest absolute Gasteiger partial charge is 0.457 e. The summed E-state index contributed by atoms with van der Waals surface area (Å²) < 4.78 is 6.09. The van der Waals surface area contributed by atoms with E-state index in [1.807, 2.05) is 42.6 Å². The quantitative estimate of drug-likeness (QED) is 0.256. The zero-order valence-electron chi connectivity index (χ0n) is 23.6. The van der Waals surface area contributed by atoms with Crippen LogP contribution >= 0.6 is 12.2 Å². The highest BCUT2D eigenvalue weighted by Crippen LogP contribution is 2.45. The monoisotopic (exact) mass is 546 g/mol. The van der Waals surface area contributed by atoms with E-state index in [4.69, 9.17) is 21.9 Å². The second-order valence-electron chi connectivity index (χ2n) is 11.2. The fraction of sp³-hybridized carbons (Fsp3) is 0.235. The van der Waals surface area contributed by atoms with Crippen LogP contribution in [0.2, 0.25) is 0 Å². The van der Waals surface area contributed by atoms with Gasteiger partial charge >= 0.3 is 0 Å². The van der Waals surface area contributed by atoms with Gasteiger partial charge in [-0.2, -0.15) is 0 Å². The smallest absolute Gasteiger partial charge is 0.174 e. The highest BCUT2D eigenvalue weighted by molar-refractivity contribution is 7.80. The van der Waals surface area contributed by atoms with Crippen LogP contribution in [0.5, 0.6) is 11.5 Å². The van der Waals surface area contributed by atoms with Crippen LogP contribution in [0, 0.1) is 6.92 Å². The van der Waals surface area contributed by atoms with Gasteiger partial charge in [0, 0.05) is 30.2 Å². The number of fused-ring (bicyclic) bond motifs is 1. The van der Waals surface area contributed by atoms with Gasteiger partial charge in [-0.05, 0) is 112 Å². The van der Waals surface area contributed by atoms with E-state index < -0.39 is 0 Å². The number of benzene rings is 3. The minimum absolute atomic E-state index is 0.0417. The summed E-state index contributed by atoms with van der Waals surface area (Å²) in [6.07, 6.45) is 4.19. The maximum atomic E-state index is 6.09. The number of pyridine rings is 1. The standard InChI is InChI=1S/C34H34N4OS/c1-22-9-14-26(15-10-22)39-27-16-12-25(13-17-27)38-32(31(36-33(38)40)29-8-6-7-19-35-29)24-11-18-30-28(20-24)23(2)21-34(3,4)37(30)5/h6-21,31-32H,1-5H3,(H,36,40)/t31-,32-/m0/s1. The Balaban J connectivity index is 1.39. The van der Waals surface area contributed by atoms with E-state index in [0.717, 1.165) is 22.9 Å². The van der Waals surface area contributed by atoms with Gasteiger partial charge in [0.05, 0.1) is 23.3 Å². The molecule has 1 aromatic heterocycles. The third kappa shape index (κ3) is 4.73. The number of anilines is 2. The zero-order chi connectivity index (χ0) is 28.0. The Bertz CT molecular complexity index is 1580. The van der Waals surface area contributed by atoms with Gasteiger partial charge in [0.15, 0.2) is 5.11 Å². The summed E-state index contributed by atoms with van der Waals surface area (Å²) >= 11 is 5.96. The van der Waals surface area contributed by atoms with Gasteiger partial charge in [0.1, 0.15) is 11.5 Å². The maximum absolute atomic E-state index is 6.09. The number of nitrogens with zero attached hydrogens (tertiary/aromatic N) is 3. The third-order valence-electron chi connectivity index (χ3n) is 8.05. The number of nitrogens with one attached hydrogen (secondary N) is 1. The molecule has 3 aromatic carbocycles. The van der Waals surface area contributed by atoms with E-state index in [0.29, 0.717) is 5.11 Å². The van der Waals surface area contributed by atoms with Crippen LogP contribution < -0.4 is 19.9 Å². The number of aromatic nitrogens is 1. The van der Waals surface area contributed by atoms with Crippen LogP contribution in [-0.2, 0) is 0 Å². The summed E-state index contributed by atoms with van der Waals surface area (Å²) in [5.74, 6) is 1.60. The average molecular weight is 547 g/mol. The van der Waals surface area contributed by atoms with Crippen molar-refractivity contribution >= 4 is 34.3 Å². The molecule has 6 heteroatoms. The fourth-order valence-corrected chi connectivity index (χ4v) is 6.10. The number of aryl methyl sites for hydroxylation is 1. The Morgan fingerprint density at radius 2 is 1.60 bits per heavy atom. The number of thiocarbonyl (C=S) groups is 1. The van der Waals surface area contributed by atoms with Crippen LogP contribution in [0.1, 0.15) is 55.2 Å². The predicted molar refractivity (Wildman–Crippen MR) is 168 cm³/mol. The van der Waals surface area contributed by atoms with Crippen LogP contribution in [-0.4, -0.2) is 22.7 Å². The molecule has 202 valence electrons. The van der Waals surface area contributed by atoms with E-state index in [-0.39, 0.29) is 17.6 Å². The zero-order valence-corrected chi connectivity index (χ0v) is 24.4. The lowest BCUT2D eigenvalue weighted by Crippen LogP contribution is -2.42. The normalized spacial score (nSPS) is 19.6. The lowest BCUT2D eigenvalue weighted by atomic mass is 9.86. The summed E-state index contributed by atoms with van der Waals surface area (Å²) in [5, 5.41) is 4.26. The topological polar surface area (TPSA) is 40.6 Å². The Kier molecular flexibility index (Phi) is 6.59. The van der Waals surface area contributed by atoms with Gasteiger partial charge in [-0.25, -0.2) is 0 Å². The summed E-state index contributed by atoms with van der Waals surface area (Å²) in [7, 11) is 2.16. The van der Waals surface area contributed by atoms with Gasteiger partial charge in [0.25, 0.3) is 0 Å². The molecule has 2 aliphatic heterocycles. The molecule has 0 bridgehead atoms. The first-order valence-corrected chi connectivity index (χ1v) is 14.0. The molecule has 1 N–H and O–H groups in total. The minimum atomic E-state index is -0.0997. The van der Waals surface area contributed by atoms with Crippen molar-refractivity contribution in [2.24, 2.45) is 0 Å². The van der Waals surface area contributed by atoms with Gasteiger partial charge in [-0.1, -0.05) is 35.9 Å². The lowest BCUT2D eigenvalue weighted by Gasteiger charge is -2.41. The Morgan fingerprint density at radius 1 is 0.900 bits per heavy atom. The molecular weight excluding hydrogens is 512 g/mol. The van der Waals surface area contributed by atoms with Gasteiger partial charge in [0.2, 0.25) is 0 Å². The van der Waals surface area contributed by atoms with Gasteiger partial charge in [-0.15, -0.1) is 0 Å². The first-order valence-electron chi connectivity index (χ1n) is 13.6. The van der Waals surface area contributed by atoms with Gasteiger partial charge < -0.3 is 19.9 Å². The van der Waals surface area contributed by atoms with Crippen LogP contribution in [0.25, 0.3) is 5.57 Å². The summed E-state index contributed by atoms with van der Waals surface area (Å²) in [6, 6.07) is 28.9. The summed E-state index contributed by atoms with van der Waals surface area (Å²) in [5.41, 5.74) is 8.07. The SMILES string of the molecule is CC1=CC(C)(C)N(C)c2ccc([C@H]3[C@H](c4ccccn4)NC(=S)N3c3ccc(Oc4ccc(C)cc4)cc3)cc21. The van der Waals surface area contributed by atoms with E-state index >= 15 is 0 Å². The van der Waals surface area contributed by atoms with Crippen molar-refractivity contribution in [2.45, 2.75) is 45.3 Å². The lowest BCUT2D eigenvalue weighted by molar-refractivity contribution is 0.482. The molecule has 0 spiro atoms.